The van der Waals surface area contributed by atoms with Crippen molar-refractivity contribution in [1.82, 2.24) is 19.6 Å². The van der Waals surface area contributed by atoms with Crippen molar-refractivity contribution in [2.45, 2.75) is 24.0 Å². The minimum atomic E-state index is -1.40. The number of rotatable bonds is 8. The van der Waals surface area contributed by atoms with Crippen LogP contribution in [0, 0.1) is 0 Å². The number of hydrogen-bond donors (Lipinski definition) is 3. The molecule has 2 aromatic carbocycles. The molecular formula is C26H27N5O3S. The summed E-state index contributed by atoms with van der Waals surface area (Å²) in [6.45, 7) is 2.33. The van der Waals surface area contributed by atoms with Crippen LogP contribution in [0.5, 0.6) is 0 Å². The van der Waals surface area contributed by atoms with E-state index in [9.17, 15) is 14.1 Å². The molecule has 8 nitrogen and oxygen atoms in total. The molecule has 180 valence electrons. The Morgan fingerprint density at radius 2 is 1.80 bits per heavy atom. The summed E-state index contributed by atoms with van der Waals surface area (Å²) < 4.78 is 17.2. The van der Waals surface area contributed by atoms with E-state index in [4.69, 9.17) is 0 Å². The quantitative estimate of drug-likeness (QED) is 0.353. The van der Waals surface area contributed by atoms with Crippen LogP contribution in [0.3, 0.4) is 0 Å². The molecule has 1 aliphatic rings. The number of hydrogen-bond acceptors (Lipinski definition) is 5. The number of nitrogens with zero attached hydrogens (tertiary/aromatic N) is 3. The number of fused-ring (bicyclic) bond motifs is 2. The number of nitrogens with one attached hydrogen (secondary N) is 2. The molecule has 0 aliphatic carbocycles. The number of aliphatic hydroxyl groups excluding tert-OH is 1. The number of anilines is 1. The van der Waals surface area contributed by atoms with Gasteiger partial charge in [-0.15, -0.1) is 0 Å². The Hall–Kier alpha value is -3.53. The highest BCUT2D eigenvalue weighted by Gasteiger charge is 2.19. The van der Waals surface area contributed by atoms with Gasteiger partial charge in [-0.2, -0.15) is 0 Å². The second-order valence-corrected chi connectivity index (χ2v) is 9.82. The molecule has 1 unspecified atom stereocenters. The van der Waals surface area contributed by atoms with E-state index in [0.29, 0.717) is 22.8 Å². The second-order valence-electron chi connectivity index (χ2n) is 8.61. The van der Waals surface area contributed by atoms with Crippen LogP contribution in [0.2, 0.25) is 0 Å². The number of aromatic nitrogens is 2. The predicted molar refractivity (Wildman–Crippen MR) is 135 cm³/mol. The lowest BCUT2D eigenvalue weighted by Crippen LogP contribution is -2.42. The number of pyridine rings is 1. The fourth-order valence-electron chi connectivity index (χ4n) is 4.25. The van der Waals surface area contributed by atoms with E-state index in [1.54, 1.807) is 41.1 Å². The fourth-order valence-corrected chi connectivity index (χ4v) is 5.10. The average Bonchev–Trinajstić information content (AvgIpc) is 3.31. The lowest BCUT2D eigenvalue weighted by Gasteiger charge is -2.30. The summed E-state index contributed by atoms with van der Waals surface area (Å²) >= 11 is 0. The third-order valence-corrected chi connectivity index (χ3v) is 7.15. The number of imidazole rings is 1. The fraction of sp³-hybridized carbons (Fsp3) is 0.231. The standard InChI is InChI=1S/C26H27N5O3S/c32-22(17-30-13-12-19-6-4-5-7-20(19)15-30)14-27-26(33)24-18-31-16-21(10-11-25(31)28-24)29-35(34)23-8-2-1-3-9-23/h1-11,16,18,22,29,32H,12-15,17H2,(H,27,33)/t22?,35-/m1/s1. The first kappa shape index (κ1) is 23.2. The maximum absolute atomic E-state index is 12.6. The molecule has 2 aromatic heterocycles. The van der Waals surface area contributed by atoms with Gasteiger partial charge in [0, 0.05) is 38.6 Å². The van der Waals surface area contributed by atoms with E-state index in [1.807, 2.05) is 24.3 Å². The number of aliphatic hydroxyl groups is 1. The minimum absolute atomic E-state index is 0.147. The first-order valence-electron chi connectivity index (χ1n) is 11.5. The van der Waals surface area contributed by atoms with Crippen LogP contribution in [0.25, 0.3) is 5.65 Å². The zero-order chi connectivity index (χ0) is 24.2. The van der Waals surface area contributed by atoms with Gasteiger partial charge in [0.05, 0.1) is 16.7 Å². The van der Waals surface area contributed by atoms with Gasteiger partial charge in [0.25, 0.3) is 5.91 Å². The zero-order valence-electron chi connectivity index (χ0n) is 19.1. The van der Waals surface area contributed by atoms with E-state index < -0.39 is 17.1 Å². The van der Waals surface area contributed by atoms with E-state index in [2.05, 4.69) is 38.1 Å². The van der Waals surface area contributed by atoms with Gasteiger partial charge in [-0.25, -0.2) is 9.19 Å². The molecule has 4 aromatic rings. The molecule has 1 amide bonds. The summed E-state index contributed by atoms with van der Waals surface area (Å²) in [5, 5.41) is 13.3. The molecule has 0 bridgehead atoms. The minimum Gasteiger partial charge on any atom is -0.390 e. The summed E-state index contributed by atoms with van der Waals surface area (Å²) in [6, 6.07) is 21.0. The first-order chi connectivity index (χ1) is 17.0. The Balaban J connectivity index is 1.16. The summed E-state index contributed by atoms with van der Waals surface area (Å²) in [5.74, 6) is -0.348. The largest absolute Gasteiger partial charge is 0.390 e. The van der Waals surface area contributed by atoms with Crippen molar-refractivity contribution in [1.29, 1.82) is 0 Å². The van der Waals surface area contributed by atoms with Gasteiger partial charge in [-0.05, 0) is 41.8 Å². The van der Waals surface area contributed by atoms with Crippen LogP contribution in [-0.2, 0) is 24.0 Å². The number of carbonyl (C=O) groups excluding carboxylic acids is 1. The van der Waals surface area contributed by atoms with Gasteiger partial charge >= 0.3 is 0 Å². The van der Waals surface area contributed by atoms with Crippen LogP contribution >= 0.6 is 0 Å². The summed E-state index contributed by atoms with van der Waals surface area (Å²) in [5.41, 5.74) is 4.15. The van der Waals surface area contributed by atoms with Crippen molar-refractivity contribution >= 4 is 28.2 Å². The van der Waals surface area contributed by atoms with Gasteiger partial charge in [-0.1, -0.05) is 42.5 Å². The zero-order valence-corrected chi connectivity index (χ0v) is 19.9. The molecule has 2 atom stereocenters. The Morgan fingerprint density at radius 3 is 2.63 bits per heavy atom. The number of benzene rings is 2. The Labute approximate surface area is 206 Å². The summed E-state index contributed by atoms with van der Waals surface area (Å²) in [4.78, 5) is 19.9. The third kappa shape index (κ3) is 5.59. The van der Waals surface area contributed by atoms with Crippen molar-refractivity contribution in [3.8, 4) is 0 Å². The summed E-state index contributed by atoms with van der Waals surface area (Å²) in [6.07, 6.45) is 3.65. The normalized spacial score (nSPS) is 15.3. The first-order valence-corrected chi connectivity index (χ1v) is 12.7. The van der Waals surface area contributed by atoms with E-state index in [-0.39, 0.29) is 18.1 Å². The smallest absolute Gasteiger partial charge is 0.271 e. The van der Waals surface area contributed by atoms with E-state index >= 15 is 0 Å². The molecule has 9 heteroatoms. The van der Waals surface area contributed by atoms with Gasteiger partial charge < -0.3 is 14.8 Å². The molecule has 3 N–H and O–H groups in total. The topological polar surface area (TPSA) is 99.0 Å². The van der Waals surface area contributed by atoms with Crippen molar-refractivity contribution in [3.05, 3.63) is 95.9 Å². The Kier molecular flexibility index (Phi) is 6.89. The monoisotopic (exact) mass is 489 g/mol. The average molecular weight is 490 g/mol. The molecule has 5 rings (SSSR count). The molecule has 0 radical (unpaired) electrons. The molecule has 35 heavy (non-hydrogen) atoms. The van der Waals surface area contributed by atoms with Crippen molar-refractivity contribution in [2.75, 3.05) is 24.4 Å². The maximum Gasteiger partial charge on any atom is 0.271 e. The van der Waals surface area contributed by atoms with Crippen molar-refractivity contribution < 1.29 is 14.1 Å². The highest BCUT2D eigenvalue weighted by molar-refractivity contribution is 7.86. The maximum atomic E-state index is 12.6. The Bertz CT molecular complexity index is 1360. The van der Waals surface area contributed by atoms with E-state index in [0.717, 1.165) is 19.5 Å². The molecule has 0 spiro atoms. The predicted octanol–water partition coefficient (Wildman–Crippen LogP) is 2.62. The highest BCUT2D eigenvalue weighted by Crippen LogP contribution is 2.18. The van der Waals surface area contributed by atoms with Crippen LogP contribution in [-0.4, -0.2) is 55.2 Å². The van der Waals surface area contributed by atoms with Gasteiger partial charge in [0.1, 0.15) is 22.3 Å². The number of β-amino-alcohol motifs (C(OH)–C–C–N with tert-alkyl or cyclic N) is 1. The van der Waals surface area contributed by atoms with Crippen LogP contribution in [0.4, 0.5) is 5.69 Å². The van der Waals surface area contributed by atoms with Crippen molar-refractivity contribution in [2.24, 2.45) is 0 Å². The van der Waals surface area contributed by atoms with Crippen molar-refractivity contribution in [3.63, 3.8) is 0 Å². The molecule has 3 heterocycles. The van der Waals surface area contributed by atoms with Gasteiger partial charge in [0.15, 0.2) is 0 Å². The lowest BCUT2D eigenvalue weighted by molar-refractivity contribution is 0.0838. The SMILES string of the molecule is O=C(NCC(O)CN1CCc2ccccc2C1)c1cn2cc(N[S@](=O)c3ccccc3)ccc2n1. The van der Waals surface area contributed by atoms with Crippen LogP contribution < -0.4 is 10.0 Å². The molecule has 0 saturated carbocycles. The highest BCUT2D eigenvalue weighted by atomic mass is 32.2. The van der Waals surface area contributed by atoms with Gasteiger partial charge in [-0.3, -0.25) is 14.4 Å². The number of carbonyl (C=O) groups is 1. The molecule has 0 saturated heterocycles. The molecule has 0 fully saturated rings. The van der Waals surface area contributed by atoms with Crippen LogP contribution in [0.15, 0.2) is 84.0 Å². The Morgan fingerprint density at radius 1 is 1.03 bits per heavy atom. The molecular weight excluding hydrogens is 462 g/mol. The van der Waals surface area contributed by atoms with E-state index in [1.165, 1.54) is 11.1 Å². The van der Waals surface area contributed by atoms with Gasteiger partial charge in [0.2, 0.25) is 0 Å². The second kappa shape index (κ2) is 10.4. The molecule has 1 aliphatic heterocycles. The lowest BCUT2D eigenvalue weighted by atomic mass is 10.00. The van der Waals surface area contributed by atoms with Crippen LogP contribution in [0.1, 0.15) is 21.6 Å². The third-order valence-electron chi connectivity index (χ3n) is 6.03. The number of amides is 1. The summed E-state index contributed by atoms with van der Waals surface area (Å²) in [7, 11) is -1.40.